The highest BCUT2D eigenvalue weighted by atomic mass is 16.1. The van der Waals surface area contributed by atoms with Crippen molar-refractivity contribution in [2.75, 3.05) is 5.32 Å². The first kappa shape index (κ1) is 12.0. The SMILES string of the molecule is CC(=O)c1ccc(NC(=O)Cc2cnc[nH]2)cc1. The van der Waals surface area contributed by atoms with Gasteiger partial charge >= 0.3 is 0 Å². The number of carbonyl (C=O) groups excluding carboxylic acids is 2. The molecule has 0 unspecified atom stereocenters. The minimum Gasteiger partial charge on any atom is -0.348 e. The average molecular weight is 243 g/mol. The zero-order valence-corrected chi connectivity index (χ0v) is 9.93. The van der Waals surface area contributed by atoms with E-state index >= 15 is 0 Å². The van der Waals surface area contributed by atoms with Crippen molar-refractivity contribution in [3.63, 3.8) is 0 Å². The third kappa shape index (κ3) is 3.04. The predicted molar refractivity (Wildman–Crippen MR) is 67.4 cm³/mol. The highest BCUT2D eigenvalue weighted by Gasteiger charge is 2.05. The molecule has 18 heavy (non-hydrogen) atoms. The molecular formula is C13H13N3O2. The van der Waals surface area contributed by atoms with Gasteiger partial charge in [-0.25, -0.2) is 4.98 Å². The van der Waals surface area contributed by atoms with Crippen LogP contribution in [-0.4, -0.2) is 21.7 Å². The molecule has 5 heteroatoms. The van der Waals surface area contributed by atoms with E-state index in [0.717, 1.165) is 5.69 Å². The largest absolute Gasteiger partial charge is 0.348 e. The summed E-state index contributed by atoms with van der Waals surface area (Å²) >= 11 is 0. The predicted octanol–water partition coefficient (Wildman–Crippen LogP) is 1.79. The molecule has 0 atom stereocenters. The van der Waals surface area contributed by atoms with Gasteiger partial charge in [0, 0.05) is 23.1 Å². The first-order valence-electron chi connectivity index (χ1n) is 5.53. The van der Waals surface area contributed by atoms with E-state index in [0.29, 0.717) is 11.3 Å². The number of imidazole rings is 1. The van der Waals surface area contributed by atoms with Gasteiger partial charge in [0.1, 0.15) is 0 Å². The van der Waals surface area contributed by atoms with E-state index in [9.17, 15) is 9.59 Å². The molecule has 0 aliphatic carbocycles. The molecule has 0 spiro atoms. The summed E-state index contributed by atoms with van der Waals surface area (Å²) in [5.74, 6) is -0.125. The number of ketones is 1. The summed E-state index contributed by atoms with van der Waals surface area (Å²) in [6.45, 7) is 1.51. The first-order chi connectivity index (χ1) is 8.65. The molecule has 1 amide bonds. The van der Waals surface area contributed by atoms with Gasteiger partial charge in [-0.05, 0) is 31.2 Å². The zero-order valence-electron chi connectivity index (χ0n) is 9.93. The van der Waals surface area contributed by atoms with Crippen LogP contribution in [0.15, 0.2) is 36.8 Å². The Balaban J connectivity index is 1.97. The lowest BCUT2D eigenvalue weighted by molar-refractivity contribution is -0.115. The Bertz CT molecular complexity index is 544. The van der Waals surface area contributed by atoms with Crippen LogP contribution in [0, 0.1) is 0 Å². The number of anilines is 1. The molecule has 1 aromatic carbocycles. The third-order valence-corrected chi connectivity index (χ3v) is 2.48. The van der Waals surface area contributed by atoms with E-state index < -0.39 is 0 Å². The van der Waals surface area contributed by atoms with Crippen LogP contribution in [-0.2, 0) is 11.2 Å². The number of hydrogen-bond acceptors (Lipinski definition) is 3. The van der Waals surface area contributed by atoms with E-state index in [1.165, 1.54) is 13.3 Å². The number of amides is 1. The van der Waals surface area contributed by atoms with Crippen molar-refractivity contribution in [3.05, 3.63) is 48.0 Å². The van der Waals surface area contributed by atoms with Gasteiger partial charge < -0.3 is 10.3 Å². The van der Waals surface area contributed by atoms with E-state index in [1.807, 2.05) is 0 Å². The Morgan fingerprint density at radius 3 is 2.56 bits per heavy atom. The molecule has 0 saturated heterocycles. The maximum absolute atomic E-state index is 11.7. The second-order valence-electron chi connectivity index (χ2n) is 3.94. The minimum absolute atomic E-state index is 0.00494. The number of H-pyrrole nitrogens is 1. The first-order valence-corrected chi connectivity index (χ1v) is 5.53. The molecule has 0 fully saturated rings. The topological polar surface area (TPSA) is 74.8 Å². The lowest BCUT2D eigenvalue weighted by atomic mass is 10.1. The second kappa shape index (κ2) is 5.27. The Labute approximate surface area is 104 Å². The van der Waals surface area contributed by atoms with Gasteiger partial charge in [-0.3, -0.25) is 9.59 Å². The molecule has 1 heterocycles. The molecular weight excluding hydrogens is 230 g/mol. The van der Waals surface area contributed by atoms with E-state index in [1.54, 1.807) is 30.5 Å². The minimum atomic E-state index is -0.130. The number of nitrogens with zero attached hydrogens (tertiary/aromatic N) is 1. The lowest BCUT2D eigenvalue weighted by Gasteiger charge is -2.04. The van der Waals surface area contributed by atoms with E-state index in [-0.39, 0.29) is 18.1 Å². The van der Waals surface area contributed by atoms with Crippen LogP contribution in [0.2, 0.25) is 0 Å². The Kier molecular flexibility index (Phi) is 3.52. The molecule has 0 aliphatic rings. The Morgan fingerprint density at radius 2 is 2.00 bits per heavy atom. The molecule has 1 aromatic heterocycles. The monoisotopic (exact) mass is 243 g/mol. The smallest absolute Gasteiger partial charge is 0.230 e. The van der Waals surface area contributed by atoms with Crippen LogP contribution in [0.1, 0.15) is 23.0 Å². The fourth-order valence-electron chi connectivity index (χ4n) is 1.55. The number of benzene rings is 1. The highest BCUT2D eigenvalue weighted by molar-refractivity contribution is 5.95. The van der Waals surface area contributed by atoms with Crippen molar-refractivity contribution in [1.29, 1.82) is 0 Å². The summed E-state index contributed by atoms with van der Waals surface area (Å²) in [7, 11) is 0. The average Bonchev–Trinajstić information content (AvgIpc) is 2.82. The number of hydrogen-bond donors (Lipinski definition) is 2. The Morgan fingerprint density at radius 1 is 1.28 bits per heavy atom. The van der Waals surface area contributed by atoms with E-state index in [4.69, 9.17) is 0 Å². The number of carbonyl (C=O) groups is 2. The molecule has 2 rings (SSSR count). The normalized spacial score (nSPS) is 10.1. The number of Topliss-reactive ketones (excluding diaryl/α,β-unsaturated/α-hetero) is 1. The summed E-state index contributed by atoms with van der Waals surface area (Å²) < 4.78 is 0. The van der Waals surface area contributed by atoms with Crippen LogP contribution in [0.4, 0.5) is 5.69 Å². The molecule has 92 valence electrons. The number of aromatic nitrogens is 2. The standard InChI is InChI=1S/C13H13N3O2/c1-9(17)10-2-4-11(5-3-10)16-13(18)6-12-7-14-8-15-12/h2-5,7-8H,6H2,1H3,(H,14,15)(H,16,18). The van der Waals surface area contributed by atoms with Crippen LogP contribution in [0.25, 0.3) is 0 Å². The zero-order chi connectivity index (χ0) is 13.0. The van der Waals surface area contributed by atoms with Crippen molar-refractivity contribution in [3.8, 4) is 0 Å². The molecule has 2 aromatic rings. The van der Waals surface area contributed by atoms with Gasteiger partial charge in [0.25, 0.3) is 0 Å². The van der Waals surface area contributed by atoms with Gasteiger partial charge in [-0.15, -0.1) is 0 Å². The van der Waals surface area contributed by atoms with Crippen LogP contribution >= 0.6 is 0 Å². The summed E-state index contributed by atoms with van der Waals surface area (Å²) in [5, 5.41) is 2.75. The van der Waals surface area contributed by atoms with Crippen molar-refractivity contribution < 1.29 is 9.59 Å². The molecule has 0 aliphatic heterocycles. The summed E-state index contributed by atoms with van der Waals surface area (Å²) in [5.41, 5.74) is 2.05. The lowest BCUT2D eigenvalue weighted by Crippen LogP contribution is -2.14. The van der Waals surface area contributed by atoms with Gasteiger partial charge in [0.05, 0.1) is 12.7 Å². The molecule has 0 radical (unpaired) electrons. The summed E-state index contributed by atoms with van der Waals surface area (Å²) in [4.78, 5) is 29.5. The Hall–Kier alpha value is -2.43. The van der Waals surface area contributed by atoms with Gasteiger partial charge in [-0.2, -0.15) is 0 Å². The van der Waals surface area contributed by atoms with Crippen molar-refractivity contribution >= 4 is 17.4 Å². The van der Waals surface area contributed by atoms with Crippen LogP contribution in [0.3, 0.4) is 0 Å². The fraction of sp³-hybridized carbons (Fsp3) is 0.154. The number of aromatic amines is 1. The fourth-order valence-corrected chi connectivity index (χ4v) is 1.55. The summed E-state index contributed by atoms with van der Waals surface area (Å²) in [6, 6.07) is 6.80. The molecule has 0 saturated carbocycles. The molecule has 5 nitrogen and oxygen atoms in total. The van der Waals surface area contributed by atoms with Gasteiger partial charge in [0.2, 0.25) is 5.91 Å². The third-order valence-electron chi connectivity index (χ3n) is 2.48. The van der Waals surface area contributed by atoms with Crippen molar-refractivity contribution in [2.24, 2.45) is 0 Å². The van der Waals surface area contributed by atoms with Crippen LogP contribution in [0.5, 0.6) is 0 Å². The summed E-state index contributed by atoms with van der Waals surface area (Å²) in [6.07, 6.45) is 3.39. The van der Waals surface area contributed by atoms with Crippen LogP contribution < -0.4 is 5.32 Å². The number of rotatable bonds is 4. The maximum atomic E-state index is 11.7. The quantitative estimate of drug-likeness (QED) is 0.804. The van der Waals surface area contributed by atoms with E-state index in [2.05, 4.69) is 15.3 Å². The van der Waals surface area contributed by atoms with Gasteiger partial charge in [-0.1, -0.05) is 0 Å². The van der Waals surface area contributed by atoms with Crippen molar-refractivity contribution in [1.82, 2.24) is 9.97 Å². The molecule has 2 N–H and O–H groups in total. The second-order valence-corrected chi connectivity index (χ2v) is 3.94. The number of nitrogens with one attached hydrogen (secondary N) is 2. The van der Waals surface area contributed by atoms with Gasteiger partial charge in [0.15, 0.2) is 5.78 Å². The maximum Gasteiger partial charge on any atom is 0.230 e. The molecule has 0 bridgehead atoms. The van der Waals surface area contributed by atoms with Crippen molar-refractivity contribution in [2.45, 2.75) is 13.3 Å². The highest BCUT2D eigenvalue weighted by Crippen LogP contribution is 2.10.